The molecule has 0 spiro atoms. The third kappa shape index (κ3) is 4.24. The van der Waals surface area contributed by atoms with Crippen molar-refractivity contribution in [3.8, 4) is 0 Å². The molecule has 1 aliphatic rings. The van der Waals surface area contributed by atoms with Crippen molar-refractivity contribution in [3.63, 3.8) is 0 Å². The molecule has 3 rings (SSSR count). The molecule has 2 atom stereocenters. The summed E-state index contributed by atoms with van der Waals surface area (Å²) in [6.45, 7) is 0.643. The Hall–Kier alpha value is -2.25. The molecule has 0 saturated carbocycles. The highest BCUT2D eigenvalue weighted by Crippen LogP contribution is 2.26. The predicted octanol–water partition coefficient (Wildman–Crippen LogP) is 2.64. The predicted molar refractivity (Wildman–Crippen MR) is 92.9 cm³/mol. The van der Waals surface area contributed by atoms with Crippen LogP contribution < -0.4 is 5.32 Å². The van der Waals surface area contributed by atoms with E-state index in [1.54, 1.807) is 17.0 Å². The van der Waals surface area contributed by atoms with Gasteiger partial charge in [-0.25, -0.2) is 4.39 Å². The molecule has 1 saturated heterocycles. The first-order valence-electron chi connectivity index (χ1n) is 8.09. The van der Waals surface area contributed by atoms with Crippen molar-refractivity contribution in [3.05, 3.63) is 58.0 Å². The van der Waals surface area contributed by atoms with Crippen LogP contribution in [0.25, 0.3) is 0 Å². The van der Waals surface area contributed by atoms with Crippen LogP contribution in [0.2, 0.25) is 0 Å². The number of benzene rings is 1. The van der Waals surface area contributed by atoms with E-state index in [-0.39, 0.29) is 24.3 Å². The van der Waals surface area contributed by atoms with Crippen LogP contribution in [0, 0.1) is 5.82 Å². The molecule has 1 amide bonds. The molecule has 1 unspecified atom stereocenters. The van der Waals surface area contributed by atoms with Gasteiger partial charge in [-0.15, -0.1) is 11.3 Å². The van der Waals surface area contributed by atoms with Crippen molar-refractivity contribution in [2.45, 2.75) is 24.9 Å². The van der Waals surface area contributed by atoms with E-state index >= 15 is 0 Å². The molecule has 0 aliphatic carbocycles. The van der Waals surface area contributed by atoms with Gasteiger partial charge in [-0.2, -0.15) is 0 Å². The SMILES string of the molecule is O=C(CN1CCC[C@H]1C(=O)O)NC(c1ccc(F)cc1)c1cccs1. The fourth-order valence-electron chi connectivity index (χ4n) is 3.12. The molecule has 0 radical (unpaired) electrons. The van der Waals surface area contributed by atoms with Crippen LogP contribution >= 0.6 is 11.3 Å². The number of thiophene rings is 1. The van der Waals surface area contributed by atoms with Gasteiger partial charge in [-0.3, -0.25) is 14.5 Å². The van der Waals surface area contributed by atoms with Crippen LogP contribution in [-0.2, 0) is 9.59 Å². The summed E-state index contributed by atoms with van der Waals surface area (Å²) >= 11 is 1.50. The fourth-order valence-corrected chi connectivity index (χ4v) is 3.92. The zero-order valence-electron chi connectivity index (χ0n) is 13.5. The Morgan fingerprint density at radius 3 is 2.72 bits per heavy atom. The number of halogens is 1. The van der Waals surface area contributed by atoms with Crippen molar-refractivity contribution in [2.24, 2.45) is 0 Å². The van der Waals surface area contributed by atoms with E-state index < -0.39 is 12.0 Å². The van der Waals surface area contributed by atoms with Crippen molar-refractivity contribution in [1.82, 2.24) is 10.2 Å². The number of hydrogen-bond acceptors (Lipinski definition) is 4. The molecular weight excluding hydrogens is 343 g/mol. The largest absolute Gasteiger partial charge is 0.480 e. The van der Waals surface area contributed by atoms with E-state index in [2.05, 4.69) is 5.32 Å². The van der Waals surface area contributed by atoms with Gasteiger partial charge in [0.15, 0.2) is 0 Å². The third-order valence-corrected chi connectivity index (χ3v) is 5.27. The van der Waals surface area contributed by atoms with Gasteiger partial charge in [0.25, 0.3) is 0 Å². The van der Waals surface area contributed by atoms with Gasteiger partial charge < -0.3 is 10.4 Å². The number of nitrogens with one attached hydrogen (secondary N) is 1. The molecule has 1 aromatic heterocycles. The normalized spacial score (nSPS) is 18.8. The van der Waals surface area contributed by atoms with E-state index in [1.807, 2.05) is 17.5 Å². The number of carboxylic acid groups (broad SMARTS) is 1. The molecule has 0 bridgehead atoms. The van der Waals surface area contributed by atoms with Crippen molar-refractivity contribution < 1.29 is 19.1 Å². The number of carbonyl (C=O) groups is 2. The maximum atomic E-state index is 13.2. The minimum Gasteiger partial charge on any atom is -0.480 e. The fraction of sp³-hybridized carbons (Fsp3) is 0.333. The summed E-state index contributed by atoms with van der Waals surface area (Å²) in [5.74, 6) is -1.46. The second kappa shape index (κ2) is 7.76. The number of carboxylic acids is 1. The Kier molecular flexibility index (Phi) is 5.45. The topological polar surface area (TPSA) is 69.6 Å². The number of rotatable bonds is 6. The van der Waals surface area contributed by atoms with Gasteiger partial charge in [0.1, 0.15) is 11.9 Å². The summed E-state index contributed by atoms with van der Waals surface area (Å²) in [4.78, 5) is 26.4. The number of hydrogen-bond donors (Lipinski definition) is 2. The van der Waals surface area contributed by atoms with Gasteiger partial charge >= 0.3 is 5.97 Å². The van der Waals surface area contributed by atoms with Crippen molar-refractivity contribution in [1.29, 1.82) is 0 Å². The Bertz CT molecular complexity index is 733. The zero-order valence-corrected chi connectivity index (χ0v) is 14.3. The molecule has 25 heavy (non-hydrogen) atoms. The highest BCUT2D eigenvalue weighted by Gasteiger charge is 2.32. The standard InChI is InChI=1S/C18H19FN2O3S/c19-13-7-5-12(6-8-13)17(15-4-2-10-25-15)20-16(22)11-21-9-1-3-14(21)18(23)24/h2,4-8,10,14,17H,1,3,9,11H2,(H,20,22)(H,23,24)/t14-,17?/m0/s1. The van der Waals surface area contributed by atoms with Gasteiger partial charge in [0, 0.05) is 4.88 Å². The Morgan fingerprint density at radius 1 is 1.32 bits per heavy atom. The quantitative estimate of drug-likeness (QED) is 0.829. The summed E-state index contributed by atoms with van der Waals surface area (Å²) in [5.41, 5.74) is 0.786. The summed E-state index contributed by atoms with van der Waals surface area (Å²) in [7, 11) is 0. The molecule has 7 heteroatoms. The van der Waals surface area contributed by atoms with E-state index in [4.69, 9.17) is 0 Å². The number of likely N-dealkylation sites (tertiary alicyclic amines) is 1. The first-order chi connectivity index (χ1) is 12.0. The lowest BCUT2D eigenvalue weighted by molar-refractivity contribution is -0.142. The number of nitrogens with zero attached hydrogens (tertiary/aromatic N) is 1. The monoisotopic (exact) mass is 362 g/mol. The molecule has 2 N–H and O–H groups in total. The summed E-state index contributed by atoms with van der Waals surface area (Å²) < 4.78 is 13.2. The number of aliphatic carboxylic acids is 1. The molecule has 5 nitrogen and oxygen atoms in total. The highest BCUT2D eigenvalue weighted by atomic mass is 32.1. The van der Waals surface area contributed by atoms with Gasteiger partial charge in [-0.05, 0) is 48.5 Å². The Balaban J connectivity index is 1.73. The number of amides is 1. The highest BCUT2D eigenvalue weighted by molar-refractivity contribution is 7.10. The van der Waals surface area contributed by atoms with Crippen molar-refractivity contribution in [2.75, 3.05) is 13.1 Å². The van der Waals surface area contributed by atoms with Crippen LogP contribution in [0.3, 0.4) is 0 Å². The first-order valence-corrected chi connectivity index (χ1v) is 8.97. The van der Waals surface area contributed by atoms with Crippen LogP contribution in [0.1, 0.15) is 29.3 Å². The molecule has 1 fully saturated rings. The summed E-state index contributed by atoms with van der Waals surface area (Å²) in [6, 6.07) is 8.85. The van der Waals surface area contributed by atoms with Gasteiger partial charge in [-0.1, -0.05) is 18.2 Å². The molecule has 1 aliphatic heterocycles. The van der Waals surface area contributed by atoms with Gasteiger partial charge in [0.05, 0.1) is 12.6 Å². The molecule has 2 aromatic rings. The van der Waals surface area contributed by atoms with Crippen LogP contribution in [0.15, 0.2) is 41.8 Å². The zero-order chi connectivity index (χ0) is 17.8. The van der Waals surface area contributed by atoms with E-state index in [1.165, 1.54) is 23.5 Å². The van der Waals surface area contributed by atoms with E-state index in [9.17, 15) is 19.1 Å². The van der Waals surface area contributed by atoms with Crippen LogP contribution in [0.5, 0.6) is 0 Å². The van der Waals surface area contributed by atoms with Crippen molar-refractivity contribution >= 4 is 23.2 Å². The molecule has 1 aromatic carbocycles. The maximum Gasteiger partial charge on any atom is 0.320 e. The smallest absolute Gasteiger partial charge is 0.320 e. The molecular formula is C18H19FN2O3S. The van der Waals surface area contributed by atoms with Crippen LogP contribution in [-0.4, -0.2) is 41.0 Å². The second-order valence-electron chi connectivity index (χ2n) is 6.03. The summed E-state index contributed by atoms with van der Waals surface area (Å²) in [6.07, 6.45) is 1.34. The lowest BCUT2D eigenvalue weighted by Gasteiger charge is -2.23. The Morgan fingerprint density at radius 2 is 2.08 bits per heavy atom. The van der Waals surface area contributed by atoms with Gasteiger partial charge in [0.2, 0.25) is 5.91 Å². The molecule has 2 heterocycles. The van der Waals surface area contributed by atoms with E-state index in [0.717, 1.165) is 16.9 Å². The van der Waals surface area contributed by atoms with E-state index in [0.29, 0.717) is 13.0 Å². The average molecular weight is 362 g/mol. The molecule has 132 valence electrons. The minimum atomic E-state index is -0.890. The third-order valence-electron chi connectivity index (χ3n) is 4.33. The maximum absolute atomic E-state index is 13.2. The number of carbonyl (C=O) groups excluding carboxylic acids is 1. The lowest BCUT2D eigenvalue weighted by atomic mass is 10.1. The average Bonchev–Trinajstić information content (AvgIpc) is 3.25. The van der Waals surface area contributed by atoms with Crippen LogP contribution in [0.4, 0.5) is 4.39 Å². The second-order valence-corrected chi connectivity index (χ2v) is 7.01. The first kappa shape index (κ1) is 17.6. The lowest BCUT2D eigenvalue weighted by Crippen LogP contribution is -2.43. The summed E-state index contributed by atoms with van der Waals surface area (Å²) in [5, 5.41) is 14.1. The Labute approximate surface area is 149 Å². The minimum absolute atomic E-state index is 0.0417.